The van der Waals surface area contributed by atoms with Gasteiger partial charge in [0.1, 0.15) is 5.75 Å². The molecular formula is C24H26N4O2S2. The first-order chi connectivity index (χ1) is 15.5. The number of amides is 1. The lowest BCUT2D eigenvalue weighted by Crippen LogP contribution is -2.33. The van der Waals surface area contributed by atoms with Crippen LogP contribution in [0.4, 0.5) is 5.13 Å². The first kappa shape index (κ1) is 22.4. The Kier molecular flexibility index (Phi) is 7.12. The summed E-state index contributed by atoms with van der Waals surface area (Å²) in [6, 6.07) is 12.0. The normalized spacial score (nSPS) is 11.1. The van der Waals surface area contributed by atoms with Crippen molar-refractivity contribution in [1.82, 2.24) is 14.5 Å². The van der Waals surface area contributed by atoms with Crippen LogP contribution in [0.1, 0.15) is 17.5 Å². The number of hydrogen-bond donors (Lipinski definition) is 0. The second-order valence-electron chi connectivity index (χ2n) is 7.59. The Morgan fingerprint density at radius 3 is 2.75 bits per heavy atom. The van der Waals surface area contributed by atoms with E-state index in [0.717, 1.165) is 39.0 Å². The van der Waals surface area contributed by atoms with Gasteiger partial charge in [0, 0.05) is 30.4 Å². The van der Waals surface area contributed by atoms with Crippen molar-refractivity contribution in [3.8, 4) is 5.75 Å². The summed E-state index contributed by atoms with van der Waals surface area (Å²) in [5.74, 6) is 1.22. The molecule has 1 amide bonds. The van der Waals surface area contributed by atoms with E-state index >= 15 is 0 Å². The van der Waals surface area contributed by atoms with E-state index in [9.17, 15) is 4.79 Å². The highest BCUT2D eigenvalue weighted by molar-refractivity contribution is 8.00. The minimum Gasteiger partial charge on any atom is -0.497 e. The summed E-state index contributed by atoms with van der Waals surface area (Å²) in [5, 5.41) is 0.764. The Labute approximate surface area is 196 Å². The van der Waals surface area contributed by atoms with Gasteiger partial charge in [-0.05, 0) is 61.7 Å². The summed E-state index contributed by atoms with van der Waals surface area (Å²) < 4.78 is 8.38. The molecule has 2 heterocycles. The fourth-order valence-electron chi connectivity index (χ4n) is 3.53. The molecule has 0 aliphatic carbocycles. The Bertz CT molecular complexity index is 1190. The van der Waals surface area contributed by atoms with E-state index in [-0.39, 0.29) is 5.91 Å². The van der Waals surface area contributed by atoms with Crippen molar-refractivity contribution in [1.29, 1.82) is 0 Å². The van der Waals surface area contributed by atoms with Gasteiger partial charge in [0.25, 0.3) is 0 Å². The molecule has 4 aromatic rings. The number of methoxy groups -OCH3 is 1. The highest BCUT2D eigenvalue weighted by Crippen LogP contribution is 2.33. The smallest absolute Gasteiger partial charge is 0.239 e. The molecule has 0 saturated carbocycles. The number of ether oxygens (including phenoxy) is 1. The largest absolute Gasteiger partial charge is 0.497 e. The van der Waals surface area contributed by atoms with Crippen molar-refractivity contribution >= 4 is 44.4 Å². The zero-order valence-corrected chi connectivity index (χ0v) is 20.1. The Balaban J connectivity index is 1.52. The minimum atomic E-state index is 0.0601. The molecule has 0 atom stereocenters. The van der Waals surface area contributed by atoms with E-state index in [1.54, 1.807) is 31.0 Å². The lowest BCUT2D eigenvalue weighted by Gasteiger charge is -2.20. The van der Waals surface area contributed by atoms with E-state index in [0.29, 0.717) is 12.3 Å². The SMILES string of the molecule is COc1ccc(SCC(=O)N(CCCn2ccnc2)c2nc3cc(C)cc(C)c3s2)cc1. The number of carbonyl (C=O) groups excluding carboxylic acids is 1. The standard InChI is InChI=1S/C24H26N4O2S2/c1-17-13-18(2)23-21(14-17)26-24(32-23)28(11-4-10-27-12-9-25-16-27)22(29)15-31-20-7-5-19(30-3)6-8-20/h5-9,12-14,16H,4,10-11,15H2,1-3H3. The zero-order chi connectivity index (χ0) is 22.5. The molecule has 8 heteroatoms. The average molecular weight is 467 g/mol. The van der Waals surface area contributed by atoms with Gasteiger partial charge < -0.3 is 9.30 Å². The van der Waals surface area contributed by atoms with Crippen molar-refractivity contribution in [2.75, 3.05) is 24.3 Å². The quantitative estimate of drug-likeness (QED) is 0.312. The maximum Gasteiger partial charge on any atom is 0.239 e. The van der Waals surface area contributed by atoms with Crippen LogP contribution in [0.2, 0.25) is 0 Å². The Morgan fingerprint density at radius 1 is 1.22 bits per heavy atom. The van der Waals surface area contributed by atoms with E-state index in [2.05, 4.69) is 31.0 Å². The van der Waals surface area contributed by atoms with Gasteiger partial charge in [-0.1, -0.05) is 17.4 Å². The molecule has 0 bridgehead atoms. The predicted molar refractivity (Wildman–Crippen MR) is 132 cm³/mol. The van der Waals surface area contributed by atoms with Gasteiger partial charge in [0.15, 0.2) is 5.13 Å². The van der Waals surface area contributed by atoms with Crippen LogP contribution < -0.4 is 9.64 Å². The fraction of sp³-hybridized carbons (Fsp3) is 0.292. The Hall–Kier alpha value is -2.84. The first-order valence-electron chi connectivity index (χ1n) is 10.4. The van der Waals surface area contributed by atoms with Crippen LogP contribution in [0.15, 0.2) is 60.0 Å². The summed E-state index contributed by atoms with van der Waals surface area (Å²) >= 11 is 3.12. The number of rotatable bonds is 9. The van der Waals surface area contributed by atoms with Crippen LogP contribution in [0.3, 0.4) is 0 Å². The molecule has 4 rings (SSSR count). The molecule has 0 aliphatic rings. The number of anilines is 1. The second kappa shape index (κ2) is 10.2. The molecule has 6 nitrogen and oxygen atoms in total. The van der Waals surface area contributed by atoms with Crippen LogP contribution in [-0.4, -0.2) is 39.8 Å². The average Bonchev–Trinajstić information content (AvgIpc) is 3.45. The number of imidazole rings is 1. The van der Waals surface area contributed by atoms with Crippen molar-refractivity contribution < 1.29 is 9.53 Å². The van der Waals surface area contributed by atoms with Crippen molar-refractivity contribution in [2.24, 2.45) is 0 Å². The number of nitrogens with zero attached hydrogens (tertiary/aromatic N) is 4. The Morgan fingerprint density at radius 2 is 2.03 bits per heavy atom. The minimum absolute atomic E-state index is 0.0601. The van der Waals surface area contributed by atoms with Crippen molar-refractivity contribution in [3.05, 3.63) is 66.2 Å². The number of aromatic nitrogens is 3. The van der Waals surface area contributed by atoms with Crippen molar-refractivity contribution in [2.45, 2.75) is 31.7 Å². The van der Waals surface area contributed by atoms with Gasteiger partial charge in [-0.3, -0.25) is 9.69 Å². The van der Waals surface area contributed by atoms with Crippen LogP contribution in [0.25, 0.3) is 10.2 Å². The van der Waals surface area contributed by atoms with E-state index in [1.807, 2.05) is 39.9 Å². The number of benzene rings is 2. The molecule has 0 fully saturated rings. The number of thiazole rings is 1. The molecule has 0 N–H and O–H groups in total. The highest BCUT2D eigenvalue weighted by Gasteiger charge is 2.20. The summed E-state index contributed by atoms with van der Waals surface area (Å²) in [5.41, 5.74) is 3.33. The number of thioether (sulfide) groups is 1. The van der Waals surface area contributed by atoms with Gasteiger partial charge in [-0.25, -0.2) is 9.97 Å². The monoisotopic (exact) mass is 466 g/mol. The lowest BCUT2D eigenvalue weighted by atomic mass is 10.1. The highest BCUT2D eigenvalue weighted by atomic mass is 32.2. The van der Waals surface area contributed by atoms with Crippen LogP contribution in [-0.2, 0) is 11.3 Å². The third-order valence-corrected chi connectivity index (χ3v) is 7.35. The molecule has 2 aromatic carbocycles. The van der Waals surface area contributed by atoms with Gasteiger partial charge in [-0.2, -0.15) is 0 Å². The molecule has 0 unspecified atom stereocenters. The van der Waals surface area contributed by atoms with E-state index < -0.39 is 0 Å². The molecule has 2 aromatic heterocycles. The van der Waals surface area contributed by atoms with Gasteiger partial charge in [0.05, 0.1) is 29.4 Å². The van der Waals surface area contributed by atoms with E-state index in [4.69, 9.17) is 9.72 Å². The summed E-state index contributed by atoms with van der Waals surface area (Å²) in [4.78, 5) is 25.1. The number of carbonyl (C=O) groups is 1. The molecule has 0 spiro atoms. The third kappa shape index (κ3) is 5.31. The molecule has 0 saturated heterocycles. The van der Waals surface area contributed by atoms with Gasteiger partial charge in [-0.15, -0.1) is 11.8 Å². The van der Waals surface area contributed by atoms with Crippen LogP contribution in [0.5, 0.6) is 5.75 Å². The number of aryl methyl sites for hydroxylation is 3. The van der Waals surface area contributed by atoms with Crippen molar-refractivity contribution in [3.63, 3.8) is 0 Å². The zero-order valence-electron chi connectivity index (χ0n) is 18.4. The molecule has 0 aliphatic heterocycles. The van der Waals surface area contributed by atoms with Gasteiger partial charge in [0.2, 0.25) is 5.91 Å². The summed E-state index contributed by atoms with van der Waals surface area (Å²) in [6.45, 7) is 5.59. The van der Waals surface area contributed by atoms with E-state index in [1.165, 1.54) is 22.9 Å². The third-order valence-electron chi connectivity index (χ3n) is 5.12. The number of hydrogen-bond acceptors (Lipinski definition) is 6. The summed E-state index contributed by atoms with van der Waals surface area (Å²) in [6.07, 6.45) is 6.33. The van der Waals surface area contributed by atoms with Gasteiger partial charge >= 0.3 is 0 Å². The molecule has 32 heavy (non-hydrogen) atoms. The van der Waals surface area contributed by atoms with Crippen LogP contribution in [0, 0.1) is 13.8 Å². The predicted octanol–water partition coefficient (Wildman–Crippen LogP) is 5.33. The molecule has 166 valence electrons. The molecular weight excluding hydrogens is 440 g/mol. The maximum atomic E-state index is 13.3. The second-order valence-corrected chi connectivity index (χ2v) is 9.62. The summed E-state index contributed by atoms with van der Waals surface area (Å²) in [7, 11) is 1.65. The first-order valence-corrected chi connectivity index (χ1v) is 12.2. The topological polar surface area (TPSA) is 60.2 Å². The number of fused-ring (bicyclic) bond motifs is 1. The molecule has 0 radical (unpaired) electrons. The maximum absolute atomic E-state index is 13.3. The lowest BCUT2D eigenvalue weighted by molar-refractivity contribution is -0.116. The fourth-order valence-corrected chi connectivity index (χ4v) is 5.37. The van der Waals surface area contributed by atoms with Crippen LogP contribution >= 0.6 is 23.1 Å².